The molecule has 0 aromatic heterocycles. The molecule has 6 rings (SSSR count). The van der Waals surface area contributed by atoms with E-state index in [4.69, 9.17) is 9.84 Å². The van der Waals surface area contributed by atoms with Crippen molar-refractivity contribution < 1.29 is 23.5 Å². The molecule has 3 aromatic rings. The molecule has 3 aromatic carbocycles. The summed E-state index contributed by atoms with van der Waals surface area (Å²) in [5.41, 5.74) is 2.21. The normalized spacial score (nSPS) is 26.1. The van der Waals surface area contributed by atoms with Crippen LogP contribution in [0, 0.1) is 5.92 Å². The molecular weight excluding hydrogens is 537 g/mol. The molecule has 0 radical (unpaired) electrons. The summed E-state index contributed by atoms with van der Waals surface area (Å²) in [6, 6.07) is 24.5. The summed E-state index contributed by atoms with van der Waals surface area (Å²) in [7, 11) is -3.33. The van der Waals surface area contributed by atoms with Crippen molar-refractivity contribution in [1.29, 1.82) is 0 Å². The highest BCUT2D eigenvalue weighted by atomic mass is 28.4. The second-order valence-electron chi connectivity index (χ2n) is 11.6. The number of benzene rings is 3. The summed E-state index contributed by atoms with van der Waals surface area (Å²) < 4.78 is 22.5. The standard InChI is InChI=1S/C32H34FN3O4Si/c1-21-30(41(2,3)33)28(18-19-37)40-32(21)25-20-24(14-16-27(25)35(31(32)39)23-12-8-5-9-13-23)36-29(38)17-15-26(34-36)22-10-6-4-7-11-22/h4-14,16,20-21,28,30,37H,15,17-19H2,1-3H3/t21-,28+,30-,32+/m0/s1. The maximum absolute atomic E-state index is 15.9. The van der Waals surface area contributed by atoms with Gasteiger partial charge in [-0.05, 0) is 55.4 Å². The number of fused-ring (bicyclic) bond motifs is 2. The first kappa shape index (κ1) is 27.5. The van der Waals surface area contributed by atoms with E-state index >= 15 is 4.11 Å². The largest absolute Gasteiger partial charge is 0.396 e. The Labute approximate surface area is 240 Å². The lowest BCUT2D eigenvalue weighted by atomic mass is 9.82. The first-order chi connectivity index (χ1) is 19.7. The van der Waals surface area contributed by atoms with Crippen LogP contribution in [-0.4, -0.2) is 43.8 Å². The zero-order valence-electron chi connectivity index (χ0n) is 23.5. The Morgan fingerprint density at radius 3 is 2.34 bits per heavy atom. The number of hydrogen-bond donors (Lipinski definition) is 1. The minimum atomic E-state index is -3.33. The van der Waals surface area contributed by atoms with Crippen molar-refractivity contribution in [1.82, 2.24) is 0 Å². The van der Waals surface area contributed by atoms with E-state index in [9.17, 15) is 14.7 Å². The van der Waals surface area contributed by atoms with Crippen LogP contribution in [0.3, 0.4) is 0 Å². The molecule has 2 amide bonds. The average molecular weight is 572 g/mol. The highest BCUT2D eigenvalue weighted by molar-refractivity contribution is 6.72. The maximum Gasteiger partial charge on any atom is 0.268 e. The zero-order chi connectivity index (χ0) is 28.9. The van der Waals surface area contributed by atoms with Crippen LogP contribution in [-0.2, 0) is 19.9 Å². The van der Waals surface area contributed by atoms with Gasteiger partial charge in [-0.15, -0.1) is 0 Å². The molecule has 4 atom stereocenters. The lowest BCUT2D eigenvalue weighted by molar-refractivity contribution is -0.145. The van der Waals surface area contributed by atoms with Gasteiger partial charge in [-0.2, -0.15) is 5.10 Å². The number of rotatable bonds is 6. The van der Waals surface area contributed by atoms with Crippen molar-refractivity contribution in [3.63, 3.8) is 0 Å². The van der Waals surface area contributed by atoms with E-state index in [1.165, 1.54) is 5.01 Å². The summed E-state index contributed by atoms with van der Waals surface area (Å²) in [6.45, 7) is 4.99. The molecule has 7 nitrogen and oxygen atoms in total. The molecule has 3 aliphatic heterocycles. The number of hydrogen-bond acceptors (Lipinski definition) is 5. The fourth-order valence-electron chi connectivity index (χ4n) is 6.91. The molecule has 1 fully saturated rings. The Morgan fingerprint density at radius 2 is 1.68 bits per heavy atom. The Bertz CT molecular complexity index is 1510. The van der Waals surface area contributed by atoms with Gasteiger partial charge in [0.1, 0.15) is 0 Å². The number of hydrazone groups is 1. The van der Waals surface area contributed by atoms with Crippen LogP contribution < -0.4 is 9.91 Å². The lowest BCUT2D eigenvalue weighted by Gasteiger charge is -2.31. The van der Waals surface area contributed by atoms with Gasteiger partial charge < -0.3 is 14.0 Å². The van der Waals surface area contributed by atoms with E-state index in [0.29, 0.717) is 35.5 Å². The van der Waals surface area contributed by atoms with E-state index in [2.05, 4.69) is 0 Å². The number of halogens is 1. The number of aliphatic hydroxyl groups is 1. The highest BCUT2D eigenvalue weighted by Crippen LogP contribution is 2.61. The van der Waals surface area contributed by atoms with E-state index in [-0.39, 0.29) is 24.8 Å². The molecule has 1 spiro atoms. The third kappa shape index (κ3) is 4.43. The molecule has 0 saturated carbocycles. The van der Waals surface area contributed by atoms with Gasteiger partial charge in [0, 0.05) is 42.2 Å². The fourth-order valence-corrected chi connectivity index (χ4v) is 9.46. The number of para-hydroxylation sites is 1. The molecule has 41 heavy (non-hydrogen) atoms. The van der Waals surface area contributed by atoms with Crippen LogP contribution >= 0.6 is 0 Å². The van der Waals surface area contributed by atoms with Crippen LogP contribution in [0.25, 0.3) is 0 Å². The quantitative estimate of drug-likeness (QED) is 0.288. The first-order valence-electron chi connectivity index (χ1n) is 14.1. The van der Waals surface area contributed by atoms with Gasteiger partial charge in [0.05, 0.1) is 23.2 Å². The van der Waals surface area contributed by atoms with Gasteiger partial charge in [-0.25, -0.2) is 5.01 Å². The van der Waals surface area contributed by atoms with Crippen molar-refractivity contribution in [2.75, 3.05) is 16.5 Å². The van der Waals surface area contributed by atoms with Crippen LogP contribution in [0.5, 0.6) is 0 Å². The smallest absolute Gasteiger partial charge is 0.268 e. The minimum absolute atomic E-state index is 0.142. The maximum atomic E-state index is 15.9. The van der Waals surface area contributed by atoms with Gasteiger partial charge in [0.15, 0.2) is 5.60 Å². The number of ether oxygens (including phenoxy) is 1. The van der Waals surface area contributed by atoms with Gasteiger partial charge in [0.2, 0.25) is 14.3 Å². The summed E-state index contributed by atoms with van der Waals surface area (Å²) in [5.74, 6) is -0.927. The number of carbonyl (C=O) groups is 2. The third-order valence-electron chi connectivity index (χ3n) is 8.66. The molecule has 212 valence electrons. The molecule has 3 heterocycles. The number of anilines is 3. The molecule has 0 unspecified atom stereocenters. The van der Waals surface area contributed by atoms with Crippen LogP contribution in [0.1, 0.15) is 37.3 Å². The SMILES string of the molecule is C[C@H]1[C@H]([Si](C)(C)F)[C@@H](CCO)O[C@]12C(=O)N(c1ccccc1)c1ccc(N3N=C(c4ccccc4)CCC3=O)cc12. The van der Waals surface area contributed by atoms with Crippen LogP contribution in [0.4, 0.5) is 21.2 Å². The first-order valence-corrected chi connectivity index (χ1v) is 17.1. The van der Waals surface area contributed by atoms with Crippen molar-refractivity contribution in [3.8, 4) is 0 Å². The predicted molar refractivity (Wildman–Crippen MR) is 159 cm³/mol. The molecular formula is C32H34FN3O4Si. The van der Waals surface area contributed by atoms with E-state index in [1.54, 1.807) is 24.1 Å². The molecule has 0 aliphatic carbocycles. The molecule has 0 bridgehead atoms. The molecule has 3 aliphatic rings. The lowest BCUT2D eigenvalue weighted by Crippen LogP contribution is -2.44. The Balaban J connectivity index is 1.52. The number of amides is 2. The number of aliphatic hydroxyl groups excluding tert-OH is 1. The average Bonchev–Trinajstić information content (AvgIpc) is 3.40. The predicted octanol–water partition coefficient (Wildman–Crippen LogP) is 6.05. The van der Waals surface area contributed by atoms with Crippen LogP contribution in [0.15, 0.2) is 84.0 Å². The van der Waals surface area contributed by atoms with Gasteiger partial charge in [0.25, 0.3) is 5.91 Å². The van der Waals surface area contributed by atoms with Crippen molar-refractivity contribution in [2.24, 2.45) is 11.0 Å². The summed E-state index contributed by atoms with van der Waals surface area (Å²) in [6.07, 6.45) is 0.465. The van der Waals surface area contributed by atoms with Gasteiger partial charge in [-0.1, -0.05) is 55.5 Å². The zero-order valence-corrected chi connectivity index (χ0v) is 24.5. The monoisotopic (exact) mass is 571 g/mol. The third-order valence-corrected chi connectivity index (χ3v) is 11.1. The molecule has 1 N–H and O–H groups in total. The highest BCUT2D eigenvalue weighted by Gasteiger charge is 2.67. The number of carbonyl (C=O) groups excluding carboxylic acids is 2. The summed E-state index contributed by atoms with van der Waals surface area (Å²) >= 11 is 0. The Kier molecular flexibility index (Phi) is 6.92. The van der Waals surface area contributed by atoms with Gasteiger partial charge >= 0.3 is 0 Å². The topological polar surface area (TPSA) is 82.4 Å². The van der Waals surface area contributed by atoms with Crippen molar-refractivity contribution in [2.45, 2.75) is 56.5 Å². The second kappa shape index (κ2) is 10.3. The van der Waals surface area contributed by atoms with Gasteiger partial charge in [-0.3, -0.25) is 14.5 Å². The van der Waals surface area contributed by atoms with E-state index < -0.39 is 31.6 Å². The van der Waals surface area contributed by atoms with Crippen molar-refractivity contribution in [3.05, 3.63) is 90.0 Å². The van der Waals surface area contributed by atoms with E-state index in [0.717, 1.165) is 11.3 Å². The van der Waals surface area contributed by atoms with E-state index in [1.807, 2.05) is 79.7 Å². The molecule has 9 heteroatoms. The molecule has 1 saturated heterocycles. The minimum Gasteiger partial charge on any atom is -0.396 e. The van der Waals surface area contributed by atoms with Crippen LogP contribution in [0.2, 0.25) is 18.6 Å². The fraction of sp³-hybridized carbons (Fsp3) is 0.344. The Hall–Kier alpha value is -3.66. The Morgan fingerprint density at radius 1 is 1.00 bits per heavy atom. The van der Waals surface area contributed by atoms with Crippen molar-refractivity contribution >= 4 is 43.0 Å². The number of nitrogens with zero attached hydrogens (tertiary/aromatic N) is 3. The second-order valence-corrected chi connectivity index (χ2v) is 15.4. The summed E-state index contributed by atoms with van der Waals surface area (Å²) in [4.78, 5) is 29.3. The summed E-state index contributed by atoms with van der Waals surface area (Å²) in [5, 5.41) is 16.0.